The van der Waals surface area contributed by atoms with Crippen molar-refractivity contribution in [1.82, 2.24) is 9.97 Å². The van der Waals surface area contributed by atoms with Crippen molar-refractivity contribution in [2.24, 2.45) is 0 Å². The maximum absolute atomic E-state index is 6.05. The van der Waals surface area contributed by atoms with Crippen LogP contribution in [0.4, 0.5) is 5.82 Å². The zero-order chi connectivity index (χ0) is 13.3. The largest absolute Gasteiger partial charge is 0.383 e. The van der Waals surface area contributed by atoms with Gasteiger partial charge < -0.3 is 5.73 Å². The Kier molecular flexibility index (Phi) is 3.32. The van der Waals surface area contributed by atoms with Crippen molar-refractivity contribution in [3.05, 3.63) is 41.1 Å². The molecule has 0 amide bonds. The summed E-state index contributed by atoms with van der Waals surface area (Å²) in [6, 6.07) is 8.15. The number of nitrogens with two attached hydrogens (primary N) is 1. The summed E-state index contributed by atoms with van der Waals surface area (Å²) < 4.78 is 0. The zero-order valence-corrected chi connectivity index (χ0v) is 11.4. The second kappa shape index (κ2) is 4.77. The average Bonchev–Trinajstić information content (AvgIpc) is 2.27. The van der Waals surface area contributed by atoms with E-state index in [0.29, 0.717) is 17.6 Å². The van der Waals surface area contributed by atoms with Gasteiger partial charge in [0.1, 0.15) is 5.82 Å². The Bertz CT molecular complexity index is 551. The summed E-state index contributed by atoms with van der Waals surface area (Å²) in [6.07, 6.45) is 0. The standard InChI is InChI=1S/C15H19N3/c1-9(2)13-11(4)17-15(18-14(13)16)12-7-5-6-10(3)8-12/h5-9H,1-4H3,(H2,16,17,18). The highest BCUT2D eigenvalue weighted by molar-refractivity contribution is 5.60. The van der Waals surface area contributed by atoms with Crippen molar-refractivity contribution in [2.75, 3.05) is 5.73 Å². The maximum atomic E-state index is 6.05. The van der Waals surface area contributed by atoms with Crippen LogP contribution >= 0.6 is 0 Å². The van der Waals surface area contributed by atoms with Crippen LogP contribution in [-0.4, -0.2) is 9.97 Å². The van der Waals surface area contributed by atoms with Crippen molar-refractivity contribution in [3.63, 3.8) is 0 Å². The van der Waals surface area contributed by atoms with Gasteiger partial charge in [0, 0.05) is 16.8 Å². The number of benzene rings is 1. The number of hydrogen-bond donors (Lipinski definition) is 1. The molecule has 18 heavy (non-hydrogen) atoms. The molecule has 0 fully saturated rings. The molecule has 2 N–H and O–H groups in total. The molecule has 0 radical (unpaired) electrons. The van der Waals surface area contributed by atoms with Crippen LogP contribution in [-0.2, 0) is 0 Å². The first-order valence-electron chi connectivity index (χ1n) is 6.20. The van der Waals surface area contributed by atoms with Crippen LogP contribution in [0.1, 0.15) is 36.6 Å². The molecular weight excluding hydrogens is 222 g/mol. The fourth-order valence-electron chi connectivity index (χ4n) is 2.23. The predicted octanol–water partition coefficient (Wildman–Crippen LogP) is 3.47. The van der Waals surface area contributed by atoms with Crippen molar-refractivity contribution in [3.8, 4) is 11.4 Å². The third-order valence-electron chi connectivity index (χ3n) is 3.02. The van der Waals surface area contributed by atoms with Gasteiger partial charge in [-0.15, -0.1) is 0 Å². The fourth-order valence-corrected chi connectivity index (χ4v) is 2.23. The molecule has 1 aromatic heterocycles. The molecule has 0 saturated heterocycles. The second-order valence-corrected chi connectivity index (χ2v) is 4.96. The summed E-state index contributed by atoms with van der Waals surface area (Å²) in [5.41, 5.74) is 10.3. The Labute approximate surface area is 108 Å². The molecule has 2 rings (SSSR count). The van der Waals surface area contributed by atoms with E-state index in [1.54, 1.807) is 0 Å². The molecule has 94 valence electrons. The Morgan fingerprint density at radius 2 is 1.83 bits per heavy atom. The average molecular weight is 241 g/mol. The Balaban J connectivity index is 2.55. The minimum Gasteiger partial charge on any atom is -0.383 e. The van der Waals surface area contributed by atoms with Gasteiger partial charge in [0.15, 0.2) is 5.82 Å². The number of rotatable bonds is 2. The molecule has 0 aliphatic carbocycles. The summed E-state index contributed by atoms with van der Waals surface area (Å²) in [7, 11) is 0. The van der Waals surface area contributed by atoms with E-state index in [2.05, 4.69) is 42.9 Å². The van der Waals surface area contributed by atoms with Gasteiger partial charge in [-0.25, -0.2) is 9.97 Å². The van der Waals surface area contributed by atoms with Gasteiger partial charge in [0.2, 0.25) is 0 Å². The number of nitrogen functional groups attached to an aromatic ring is 1. The first-order chi connectivity index (χ1) is 8.49. The third-order valence-corrected chi connectivity index (χ3v) is 3.02. The molecule has 1 aromatic carbocycles. The van der Waals surface area contributed by atoms with E-state index in [1.807, 2.05) is 19.1 Å². The van der Waals surface area contributed by atoms with Gasteiger partial charge in [-0.05, 0) is 25.8 Å². The zero-order valence-electron chi connectivity index (χ0n) is 11.4. The summed E-state index contributed by atoms with van der Waals surface area (Å²) in [4.78, 5) is 9.01. The van der Waals surface area contributed by atoms with E-state index in [-0.39, 0.29) is 0 Å². The lowest BCUT2D eigenvalue weighted by Gasteiger charge is -2.13. The molecular formula is C15H19N3. The minimum atomic E-state index is 0.344. The normalized spacial score (nSPS) is 10.9. The molecule has 0 saturated carbocycles. The van der Waals surface area contributed by atoms with Crippen molar-refractivity contribution >= 4 is 5.82 Å². The van der Waals surface area contributed by atoms with Crippen LogP contribution in [0.15, 0.2) is 24.3 Å². The van der Waals surface area contributed by atoms with Crippen LogP contribution < -0.4 is 5.73 Å². The van der Waals surface area contributed by atoms with Crippen LogP contribution in [0.5, 0.6) is 0 Å². The monoisotopic (exact) mass is 241 g/mol. The van der Waals surface area contributed by atoms with E-state index in [0.717, 1.165) is 16.8 Å². The van der Waals surface area contributed by atoms with E-state index in [9.17, 15) is 0 Å². The summed E-state index contributed by atoms with van der Waals surface area (Å²) in [5.74, 6) is 1.64. The highest BCUT2D eigenvalue weighted by Crippen LogP contribution is 2.26. The first kappa shape index (κ1) is 12.6. The summed E-state index contributed by atoms with van der Waals surface area (Å²) in [6.45, 7) is 8.26. The quantitative estimate of drug-likeness (QED) is 0.876. The van der Waals surface area contributed by atoms with Gasteiger partial charge in [0.25, 0.3) is 0 Å². The summed E-state index contributed by atoms with van der Waals surface area (Å²) >= 11 is 0. The van der Waals surface area contributed by atoms with Crippen molar-refractivity contribution < 1.29 is 0 Å². The van der Waals surface area contributed by atoms with Gasteiger partial charge in [-0.3, -0.25) is 0 Å². The number of hydrogen-bond acceptors (Lipinski definition) is 3. The van der Waals surface area contributed by atoms with E-state index < -0.39 is 0 Å². The molecule has 0 bridgehead atoms. The van der Waals surface area contributed by atoms with Crippen LogP contribution in [0, 0.1) is 13.8 Å². The van der Waals surface area contributed by atoms with E-state index in [1.165, 1.54) is 5.56 Å². The highest BCUT2D eigenvalue weighted by atomic mass is 15.0. The molecule has 0 aliphatic heterocycles. The fraction of sp³-hybridized carbons (Fsp3) is 0.333. The predicted molar refractivity (Wildman–Crippen MR) is 75.4 cm³/mol. The molecule has 2 aromatic rings. The lowest BCUT2D eigenvalue weighted by molar-refractivity contribution is 0.836. The number of aryl methyl sites for hydroxylation is 2. The van der Waals surface area contributed by atoms with E-state index >= 15 is 0 Å². The third kappa shape index (κ3) is 2.35. The second-order valence-electron chi connectivity index (χ2n) is 4.96. The molecule has 3 nitrogen and oxygen atoms in total. The van der Waals surface area contributed by atoms with Crippen LogP contribution in [0.3, 0.4) is 0 Å². The Morgan fingerprint density at radius 3 is 2.39 bits per heavy atom. The minimum absolute atomic E-state index is 0.344. The molecule has 0 aliphatic rings. The molecule has 0 atom stereocenters. The van der Waals surface area contributed by atoms with Gasteiger partial charge in [-0.2, -0.15) is 0 Å². The first-order valence-corrected chi connectivity index (χ1v) is 6.20. The summed E-state index contributed by atoms with van der Waals surface area (Å²) in [5, 5.41) is 0. The van der Waals surface area contributed by atoms with Crippen molar-refractivity contribution in [2.45, 2.75) is 33.6 Å². The van der Waals surface area contributed by atoms with Gasteiger partial charge in [-0.1, -0.05) is 37.6 Å². The van der Waals surface area contributed by atoms with Gasteiger partial charge in [0.05, 0.1) is 0 Å². The van der Waals surface area contributed by atoms with Gasteiger partial charge >= 0.3 is 0 Å². The maximum Gasteiger partial charge on any atom is 0.161 e. The molecule has 1 heterocycles. The Hall–Kier alpha value is -1.90. The lowest BCUT2D eigenvalue weighted by Crippen LogP contribution is -2.06. The smallest absolute Gasteiger partial charge is 0.161 e. The number of anilines is 1. The SMILES string of the molecule is Cc1cccc(-c2nc(C)c(C(C)C)c(N)n2)c1. The Morgan fingerprint density at radius 1 is 1.11 bits per heavy atom. The van der Waals surface area contributed by atoms with Crippen LogP contribution in [0.25, 0.3) is 11.4 Å². The van der Waals surface area contributed by atoms with Crippen LogP contribution in [0.2, 0.25) is 0 Å². The van der Waals surface area contributed by atoms with E-state index in [4.69, 9.17) is 5.73 Å². The topological polar surface area (TPSA) is 51.8 Å². The highest BCUT2D eigenvalue weighted by Gasteiger charge is 2.13. The lowest BCUT2D eigenvalue weighted by atomic mass is 10.0. The molecule has 0 unspecified atom stereocenters. The molecule has 0 spiro atoms. The molecule has 3 heteroatoms. The van der Waals surface area contributed by atoms with Crippen molar-refractivity contribution in [1.29, 1.82) is 0 Å². The number of aromatic nitrogens is 2. The number of nitrogens with zero attached hydrogens (tertiary/aromatic N) is 2.